The van der Waals surface area contributed by atoms with Crippen LogP contribution < -0.4 is 4.90 Å². The second-order valence-corrected chi connectivity index (χ2v) is 4.05. The van der Waals surface area contributed by atoms with E-state index in [9.17, 15) is 4.79 Å². The highest BCUT2D eigenvalue weighted by molar-refractivity contribution is 5.85. The molecule has 2 heterocycles. The van der Waals surface area contributed by atoms with Gasteiger partial charge in [-0.25, -0.2) is 9.78 Å². The lowest BCUT2D eigenvalue weighted by atomic mass is 10.2. The Balaban J connectivity index is 2.08. The lowest BCUT2D eigenvalue weighted by Crippen LogP contribution is -2.42. The normalized spacial score (nSPS) is 20.3. The van der Waals surface area contributed by atoms with Crippen molar-refractivity contribution < 1.29 is 14.6 Å². The van der Waals surface area contributed by atoms with E-state index in [1.165, 1.54) is 6.07 Å². The number of hydrogen-bond acceptors (Lipinski definition) is 4. The molecule has 0 aromatic carbocycles. The fraction of sp³-hybridized carbons (Fsp3) is 0.500. The van der Waals surface area contributed by atoms with Crippen molar-refractivity contribution in [3.8, 4) is 0 Å². The Kier molecular flexibility index (Phi) is 3.58. The third-order valence-electron chi connectivity index (χ3n) is 2.93. The number of hydrogen-bond donors (Lipinski definition) is 1. The van der Waals surface area contributed by atoms with Gasteiger partial charge in [-0.3, -0.25) is 0 Å². The maximum Gasteiger partial charge on any atom is 0.354 e. The van der Waals surface area contributed by atoms with Crippen LogP contribution in [0.1, 0.15) is 23.8 Å². The Morgan fingerprint density at radius 2 is 2.47 bits per heavy atom. The first kappa shape index (κ1) is 11.9. The van der Waals surface area contributed by atoms with Crippen molar-refractivity contribution in [2.24, 2.45) is 0 Å². The van der Waals surface area contributed by atoms with Crippen molar-refractivity contribution in [3.05, 3.63) is 24.0 Å². The third kappa shape index (κ3) is 2.74. The van der Waals surface area contributed by atoms with Crippen molar-refractivity contribution in [2.75, 3.05) is 24.6 Å². The monoisotopic (exact) mass is 236 g/mol. The molecule has 1 saturated heterocycles. The van der Waals surface area contributed by atoms with Gasteiger partial charge in [0.1, 0.15) is 5.69 Å². The highest BCUT2D eigenvalue weighted by Crippen LogP contribution is 2.18. The minimum Gasteiger partial charge on any atom is -0.477 e. The zero-order chi connectivity index (χ0) is 12.3. The fourth-order valence-corrected chi connectivity index (χ4v) is 1.90. The number of morpholine rings is 1. The molecule has 5 nitrogen and oxygen atoms in total. The number of rotatable bonds is 3. The second kappa shape index (κ2) is 5.14. The number of aromatic nitrogens is 1. The lowest BCUT2D eigenvalue weighted by Gasteiger charge is -2.33. The summed E-state index contributed by atoms with van der Waals surface area (Å²) in [5.74, 6) is -0.995. The van der Waals surface area contributed by atoms with Crippen LogP contribution in [-0.4, -0.2) is 41.9 Å². The Morgan fingerprint density at radius 1 is 1.65 bits per heavy atom. The van der Waals surface area contributed by atoms with Gasteiger partial charge in [-0.2, -0.15) is 0 Å². The van der Waals surface area contributed by atoms with E-state index in [1.54, 1.807) is 12.3 Å². The zero-order valence-corrected chi connectivity index (χ0v) is 9.80. The molecule has 1 aromatic heterocycles. The molecular weight excluding hydrogens is 220 g/mol. The van der Waals surface area contributed by atoms with Gasteiger partial charge >= 0.3 is 5.97 Å². The molecule has 2 rings (SSSR count). The van der Waals surface area contributed by atoms with Gasteiger partial charge in [-0.15, -0.1) is 0 Å². The van der Waals surface area contributed by atoms with Crippen LogP contribution in [0.15, 0.2) is 18.3 Å². The van der Waals surface area contributed by atoms with E-state index < -0.39 is 5.97 Å². The summed E-state index contributed by atoms with van der Waals surface area (Å²) in [5.41, 5.74) is 1.03. The number of carboxylic acids is 1. The van der Waals surface area contributed by atoms with Crippen LogP contribution in [0.4, 0.5) is 5.69 Å². The summed E-state index contributed by atoms with van der Waals surface area (Å²) in [6.45, 7) is 4.47. The van der Waals surface area contributed by atoms with Gasteiger partial charge in [-0.05, 0) is 18.6 Å². The molecule has 0 aliphatic carbocycles. The molecule has 1 N–H and O–H groups in total. The van der Waals surface area contributed by atoms with Crippen molar-refractivity contribution in [1.29, 1.82) is 0 Å². The summed E-state index contributed by atoms with van der Waals surface area (Å²) in [5, 5.41) is 8.77. The van der Waals surface area contributed by atoms with Crippen LogP contribution in [-0.2, 0) is 4.74 Å². The Hall–Kier alpha value is -1.62. The Morgan fingerprint density at radius 3 is 3.06 bits per heavy atom. The van der Waals surface area contributed by atoms with Gasteiger partial charge in [0.15, 0.2) is 0 Å². The van der Waals surface area contributed by atoms with E-state index in [0.717, 1.165) is 25.2 Å². The largest absolute Gasteiger partial charge is 0.477 e. The second-order valence-electron chi connectivity index (χ2n) is 4.05. The van der Waals surface area contributed by atoms with Crippen LogP contribution >= 0.6 is 0 Å². The van der Waals surface area contributed by atoms with Crippen LogP contribution in [0, 0.1) is 0 Å². The molecule has 0 radical (unpaired) electrons. The molecule has 17 heavy (non-hydrogen) atoms. The number of carboxylic acid groups (broad SMARTS) is 1. The SMILES string of the molecule is CCC1CN(c2ccc(C(=O)O)nc2)CCO1. The number of nitrogens with zero attached hydrogens (tertiary/aromatic N) is 2. The van der Waals surface area contributed by atoms with Gasteiger partial charge in [0.2, 0.25) is 0 Å². The van der Waals surface area contributed by atoms with Gasteiger partial charge in [0, 0.05) is 13.1 Å². The summed E-state index contributed by atoms with van der Waals surface area (Å²) in [4.78, 5) is 16.8. The Bertz CT molecular complexity index is 391. The van der Waals surface area contributed by atoms with Crippen LogP contribution in [0.25, 0.3) is 0 Å². The van der Waals surface area contributed by atoms with Crippen molar-refractivity contribution in [3.63, 3.8) is 0 Å². The summed E-state index contributed by atoms with van der Waals surface area (Å²) < 4.78 is 5.58. The quantitative estimate of drug-likeness (QED) is 0.859. The molecule has 1 atom stereocenters. The van der Waals surface area contributed by atoms with E-state index in [4.69, 9.17) is 9.84 Å². The van der Waals surface area contributed by atoms with E-state index >= 15 is 0 Å². The molecule has 5 heteroatoms. The number of ether oxygens (including phenoxy) is 1. The first-order valence-corrected chi connectivity index (χ1v) is 5.76. The first-order valence-electron chi connectivity index (χ1n) is 5.76. The molecule has 92 valence electrons. The highest BCUT2D eigenvalue weighted by Gasteiger charge is 2.19. The number of carbonyl (C=O) groups is 1. The average Bonchev–Trinajstić information content (AvgIpc) is 2.39. The summed E-state index contributed by atoms with van der Waals surface area (Å²) in [6, 6.07) is 3.34. The number of anilines is 1. The van der Waals surface area contributed by atoms with Gasteiger partial charge in [-0.1, -0.05) is 6.92 Å². The van der Waals surface area contributed by atoms with Crippen molar-refractivity contribution in [1.82, 2.24) is 4.98 Å². The van der Waals surface area contributed by atoms with E-state index in [1.807, 2.05) is 0 Å². The number of pyridine rings is 1. The van der Waals surface area contributed by atoms with Crippen LogP contribution in [0.5, 0.6) is 0 Å². The average molecular weight is 236 g/mol. The maximum absolute atomic E-state index is 10.7. The molecular formula is C12H16N2O3. The summed E-state index contributed by atoms with van der Waals surface area (Å²) in [6.07, 6.45) is 2.85. The van der Waals surface area contributed by atoms with Gasteiger partial charge < -0.3 is 14.7 Å². The fourth-order valence-electron chi connectivity index (χ4n) is 1.90. The third-order valence-corrected chi connectivity index (χ3v) is 2.93. The van der Waals surface area contributed by atoms with Gasteiger partial charge in [0.05, 0.1) is 24.6 Å². The summed E-state index contributed by atoms with van der Waals surface area (Å²) >= 11 is 0. The van der Waals surface area contributed by atoms with E-state index in [-0.39, 0.29) is 11.8 Å². The number of aromatic carboxylic acids is 1. The molecule has 0 bridgehead atoms. The molecule has 1 fully saturated rings. The lowest BCUT2D eigenvalue weighted by molar-refractivity contribution is 0.0384. The minimum absolute atomic E-state index is 0.0778. The molecule has 1 unspecified atom stereocenters. The Labute approximate surface area is 100 Å². The maximum atomic E-state index is 10.7. The minimum atomic E-state index is -0.995. The van der Waals surface area contributed by atoms with Gasteiger partial charge in [0.25, 0.3) is 0 Å². The van der Waals surface area contributed by atoms with Crippen LogP contribution in [0.3, 0.4) is 0 Å². The molecule has 1 aliphatic heterocycles. The highest BCUT2D eigenvalue weighted by atomic mass is 16.5. The smallest absolute Gasteiger partial charge is 0.354 e. The molecule has 0 spiro atoms. The molecule has 1 aromatic rings. The predicted molar refractivity (Wildman–Crippen MR) is 63.4 cm³/mol. The molecule has 0 amide bonds. The first-order chi connectivity index (χ1) is 8.20. The summed E-state index contributed by atoms with van der Waals surface area (Å²) in [7, 11) is 0. The van der Waals surface area contributed by atoms with E-state index in [0.29, 0.717) is 6.61 Å². The topological polar surface area (TPSA) is 62.7 Å². The predicted octanol–water partition coefficient (Wildman–Crippen LogP) is 1.40. The van der Waals surface area contributed by atoms with Crippen molar-refractivity contribution in [2.45, 2.75) is 19.4 Å². The standard InChI is InChI=1S/C12H16N2O3/c1-2-10-8-14(5-6-17-10)9-3-4-11(12(15)16)13-7-9/h3-4,7,10H,2,5-6,8H2,1H3,(H,15,16). The molecule has 1 aliphatic rings. The van der Waals surface area contributed by atoms with Crippen LogP contribution in [0.2, 0.25) is 0 Å². The van der Waals surface area contributed by atoms with E-state index in [2.05, 4.69) is 16.8 Å². The molecule has 0 saturated carbocycles. The zero-order valence-electron chi connectivity index (χ0n) is 9.80. The van der Waals surface area contributed by atoms with Crippen molar-refractivity contribution >= 4 is 11.7 Å².